The average molecular weight is 237 g/mol. The van der Waals surface area contributed by atoms with Crippen LogP contribution >= 0.6 is 0 Å². The minimum Gasteiger partial charge on any atom is -0.348 e. The predicted molar refractivity (Wildman–Crippen MR) is 66.8 cm³/mol. The van der Waals surface area contributed by atoms with Gasteiger partial charge in [0, 0.05) is 6.04 Å². The zero-order chi connectivity index (χ0) is 11.7. The molecule has 3 heteroatoms. The van der Waals surface area contributed by atoms with Gasteiger partial charge in [0.2, 0.25) is 0 Å². The number of carbonyl (C=O) groups excluding carboxylic acids is 1. The summed E-state index contributed by atoms with van der Waals surface area (Å²) in [5.41, 5.74) is 0. The number of likely N-dealkylation sites (tertiary alicyclic amines) is 1. The number of piperidine rings is 1. The van der Waals surface area contributed by atoms with Gasteiger partial charge in [-0.25, -0.2) is 0 Å². The predicted octanol–water partition coefficient (Wildman–Crippen LogP) is 0.360. The maximum absolute atomic E-state index is 12.0. The quantitative estimate of drug-likeness (QED) is 0.730. The molecule has 0 aromatic rings. The van der Waals surface area contributed by atoms with Gasteiger partial charge in [-0.1, -0.05) is 6.42 Å². The van der Waals surface area contributed by atoms with E-state index in [9.17, 15) is 4.79 Å². The van der Waals surface area contributed by atoms with Crippen molar-refractivity contribution < 1.29 is 9.69 Å². The maximum Gasteiger partial charge on any atom is 0.275 e. The molecule has 2 N–H and O–H groups in total. The Kier molecular flexibility index (Phi) is 3.37. The lowest BCUT2D eigenvalue weighted by molar-refractivity contribution is -0.896. The molecule has 0 radical (unpaired) electrons. The molecule has 0 unspecified atom stereocenters. The Balaban J connectivity index is 1.44. The van der Waals surface area contributed by atoms with Gasteiger partial charge in [0.25, 0.3) is 5.91 Å². The molecule has 3 fully saturated rings. The van der Waals surface area contributed by atoms with Gasteiger partial charge in [-0.15, -0.1) is 0 Å². The van der Waals surface area contributed by atoms with Crippen LogP contribution in [0.4, 0.5) is 0 Å². The fourth-order valence-electron chi connectivity index (χ4n) is 4.13. The first kappa shape index (κ1) is 11.5. The van der Waals surface area contributed by atoms with E-state index in [1.165, 1.54) is 62.9 Å². The lowest BCUT2D eigenvalue weighted by Gasteiger charge is -2.26. The summed E-state index contributed by atoms with van der Waals surface area (Å²) in [6.45, 7) is 3.11. The van der Waals surface area contributed by atoms with Gasteiger partial charge in [0.15, 0.2) is 6.54 Å². The zero-order valence-corrected chi connectivity index (χ0v) is 10.7. The van der Waals surface area contributed by atoms with Gasteiger partial charge in [0.05, 0.1) is 13.1 Å². The molecule has 2 aliphatic carbocycles. The van der Waals surface area contributed by atoms with Gasteiger partial charge in [0.1, 0.15) is 0 Å². The number of amides is 1. The third-order valence-corrected chi connectivity index (χ3v) is 5.06. The largest absolute Gasteiger partial charge is 0.348 e. The summed E-state index contributed by atoms with van der Waals surface area (Å²) in [5, 5.41) is 3.30. The van der Waals surface area contributed by atoms with E-state index < -0.39 is 0 Å². The van der Waals surface area contributed by atoms with Crippen molar-refractivity contribution in [3.05, 3.63) is 0 Å². The molecule has 3 atom stereocenters. The summed E-state index contributed by atoms with van der Waals surface area (Å²) in [4.78, 5) is 13.5. The summed E-state index contributed by atoms with van der Waals surface area (Å²) >= 11 is 0. The van der Waals surface area contributed by atoms with Crippen LogP contribution in [0.15, 0.2) is 0 Å². The Morgan fingerprint density at radius 3 is 2.59 bits per heavy atom. The number of rotatable bonds is 3. The van der Waals surface area contributed by atoms with Crippen LogP contribution in [0.5, 0.6) is 0 Å². The smallest absolute Gasteiger partial charge is 0.275 e. The van der Waals surface area contributed by atoms with E-state index in [2.05, 4.69) is 5.32 Å². The van der Waals surface area contributed by atoms with E-state index in [1.807, 2.05) is 0 Å². The van der Waals surface area contributed by atoms with Gasteiger partial charge in [-0.3, -0.25) is 4.79 Å². The van der Waals surface area contributed by atoms with E-state index in [-0.39, 0.29) is 0 Å². The second kappa shape index (κ2) is 4.97. The molecule has 17 heavy (non-hydrogen) atoms. The molecule has 0 aromatic heterocycles. The SMILES string of the molecule is O=C(C[NH+]1CCCCC1)N[C@H]1C[C@@H]2CC[C@H]1C2. The highest BCUT2D eigenvalue weighted by molar-refractivity contribution is 5.77. The summed E-state index contributed by atoms with van der Waals surface area (Å²) in [5.74, 6) is 2.03. The molecule has 1 aliphatic heterocycles. The van der Waals surface area contributed by atoms with E-state index in [1.54, 1.807) is 0 Å². The van der Waals surface area contributed by atoms with E-state index in [0.29, 0.717) is 18.5 Å². The summed E-state index contributed by atoms with van der Waals surface area (Å²) in [6, 6.07) is 0.519. The van der Waals surface area contributed by atoms with Crippen molar-refractivity contribution in [2.45, 2.75) is 51.0 Å². The van der Waals surface area contributed by atoms with Crippen LogP contribution in [0.2, 0.25) is 0 Å². The minimum absolute atomic E-state index is 0.305. The highest BCUT2D eigenvalue weighted by Gasteiger charge is 2.40. The van der Waals surface area contributed by atoms with Crippen LogP contribution in [0.25, 0.3) is 0 Å². The normalized spacial score (nSPS) is 37.3. The molecule has 0 aromatic carbocycles. The molecule has 2 saturated carbocycles. The minimum atomic E-state index is 0.305. The molecule has 1 heterocycles. The first-order chi connectivity index (χ1) is 8.31. The zero-order valence-electron chi connectivity index (χ0n) is 10.7. The maximum atomic E-state index is 12.0. The molecule has 1 amide bonds. The molecule has 3 aliphatic rings. The first-order valence-corrected chi connectivity index (χ1v) is 7.44. The van der Waals surface area contributed by atoms with Crippen LogP contribution in [0.3, 0.4) is 0 Å². The molecule has 96 valence electrons. The second-order valence-corrected chi connectivity index (χ2v) is 6.34. The van der Waals surface area contributed by atoms with Crippen molar-refractivity contribution in [2.75, 3.05) is 19.6 Å². The third kappa shape index (κ3) is 2.65. The monoisotopic (exact) mass is 237 g/mol. The topological polar surface area (TPSA) is 33.5 Å². The molecule has 3 nitrogen and oxygen atoms in total. The average Bonchev–Trinajstić information content (AvgIpc) is 2.92. The Morgan fingerprint density at radius 1 is 1.12 bits per heavy atom. The highest BCUT2D eigenvalue weighted by atomic mass is 16.2. The Hall–Kier alpha value is -0.570. The molecule has 1 saturated heterocycles. The fraction of sp³-hybridized carbons (Fsp3) is 0.929. The number of hydrogen-bond donors (Lipinski definition) is 2. The van der Waals surface area contributed by atoms with E-state index in [4.69, 9.17) is 0 Å². The van der Waals surface area contributed by atoms with Crippen LogP contribution < -0.4 is 10.2 Å². The Morgan fingerprint density at radius 2 is 1.94 bits per heavy atom. The fourth-order valence-corrected chi connectivity index (χ4v) is 4.13. The van der Waals surface area contributed by atoms with E-state index >= 15 is 0 Å². The number of quaternary nitrogens is 1. The number of fused-ring (bicyclic) bond motifs is 2. The summed E-state index contributed by atoms with van der Waals surface area (Å²) < 4.78 is 0. The van der Waals surface area contributed by atoms with Crippen molar-refractivity contribution in [2.24, 2.45) is 11.8 Å². The van der Waals surface area contributed by atoms with Gasteiger partial charge < -0.3 is 10.2 Å². The van der Waals surface area contributed by atoms with Gasteiger partial charge >= 0.3 is 0 Å². The van der Waals surface area contributed by atoms with Crippen molar-refractivity contribution in [1.29, 1.82) is 0 Å². The van der Waals surface area contributed by atoms with Crippen molar-refractivity contribution in [3.8, 4) is 0 Å². The molecular formula is C14H25N2O+. The van der Waals surface area contributed by atoms with Crippen LogP contribution in [-0.4, -0.2) is 31.6 Å². The van der Waals surface area contributed by atoms with Crippen molar-refractivity contribution in [1.82, 2.24) is 5.32 Å². The molecule has 0 spiro atoms. The highest BCUT2D eigenvalue weighted by Crippen LogP contribution is 2.44. The van der Waals surface area contributed by atoms with Crippen molar-refractivity contribution in [3.63, 3.8) is 0 Å². The first-order valence-electron chi connectivity index (χ1n) is 7.44. The van der Waals surface area contributed by atoms with Crippen LogP contribution in [0, 0.1) is 11.8 Å². The third-order valence-electron chi connectivity index (χ3n) is 5.06. The van der Waals surface area contributed by atoms with Gasteiger partial charge in [-0.05, 0) is 50.4 Å². The van der Waals surface area contributed by atoms with Crippen LogP contribution in [-0.2, 0) is 4.79 Å². The van der Waals surface area contributed by atoms with E-state index in [0.717, 1.165) is 11.8 Å². The van der Waals surface area contributed by atoms with Gasteiger partial charge in [-0.2, -0.15) is 0 Å². The Bertz CT molecular complexity index is 286. The lowest BCUT2D eigenvalue weighted by Crippen LogP contribution is -3.14. The number of nitrogens with one attached hydrogen (secondary N) is 2. The second-order valence-electron chi connectivity index (χ2n) is 6.34. The number of carbonyl (C=O) groups is 1. The van der Waals surface area contributed by atoms with Crippen LogP contribution in [0.1, 0.15) is 44.9 Å². The standard InChI is InChI=1S/C14H24N2O/c17-14(10-16-6-2-1-3-7-16)15-13-9-11-4-5-12(13)8-11/h11-13H,1-10H2,(H,15,17)/p+1/t11-,12+,13+/m1/s1. The lowest BCUT2D eigenvalue weighted by atomic mass is 9.95. The summed E-state index contributed by atoms with van der Waals surface area (Å²) in [7, 11) is 0. The molecule has 3 rings (SSSR count). The molecule has 2 bridgehead atoms. The summed E-state index contributed by atoms with van der Waals surface area (Å²) in [6.07, 6.45) is 9.36. The molecular weight excluding hydrogens is 212 g/mol. The Labute approximate surface area is 104 Å². The van der Waals surface area contributed by atoms with Crippen molar-refractivity contribution >= 4 is 5.91 Å². The number of hydrogen-bond acceptors (Lipinski definition) is 1.